The van der Waals surface area contributed by atoms with E-state index >= 15 is 0 Å². The molecular weight excluding hydrogens is 429 g/mol. The molecule has 3 fully saturated rings. The van der Waals surface area contributed by atoms with Gasteiger partial charge >= 0.3 is 6.18 Å². The van der Waals surface area contributed by atoms with Crippen molar-refractivity contribution in [2.75, 3.05) is 30.0 Å². The second kappa shape index (κ2) is 8.70. The molecule has 4 rings (SSSR count). The highest BCUT2D eigenvalue weighted by atomic mass is 19.4. The Hall–Kier alpha value is -2.66. The largest absolute Gasteiger partial charge is 0.418 e. The van der Waals surface area contributed by atoms with Crippen molar-refractivity contribution in [3.63, 3.8) is 0 Å². The lowest BCUT2D eigenvalue weighted by Crippen LogP contribution is -2.58. The van der Waals surface area contributed by atoms with E-state index in [1.165, 1.54) is 11.0 Å². The Kier molecular flexibility index (Phi) is 6.13. The smallest absolute Gasteiger partial charge is 0.370 e. The van der Waals surface area contributed by atoms with Gasteiger partial charge in [-0.15, -0.1) is 0 Å². The number of nitrogens with zero attached hydrogens (tertiary/aromatic N) is 2. The van der Waals surface area contributed by atoms with E-state index < -0.39 is 41.2 Å². The maximum Gasteiger partial charge on any atom is 0.418 e. The minimum atomic E-state index is -4.79. The van der Waals surface area contributed by atoms with E-state index in [1.54, 1.807) is 4.90 Å². The second-order valence-corrected chi connectivity index (χ2v) is 8.38. The van der Waals surface area contributed by atoms with E-state index in [0.29, 0.717) is 0 Å². The number of anilines is 2. The van der Waals surface area contributed by atoms with Crippen LogP contribution in [0.5, 0.6) is 0 Å². The minimum Gasteiger partial charge on any atom is -0.370 e. The number of hydrogen-bond acceptors (Lipinski definition) is 5. The topological polar surface area (TPSA) is 105 Å². The van der Waals surface area contributed by atoms with Crippen molar-refractivity contribution in [2.45, 2.75) is 56.4 Å². The first kappa shape index (κ1) is 22.5. The number of benzene rings is 1. The fourth-order valence-electron chi connectivity index (χ4n) is 4.22. The normalized spacial score (nSPS) is 20.8. The molecule has 1 aliphatic heterocycles. The molecule has 3 amide bonds. The number of hydrogen-bond donors (Lipinski definition) is 2. The number of nitrogens with one attached hydrogen (secondary N) is 1. The molecule has 174 valence electrons. The zero-order valence-electron chi connectivity index (χ0n) is 17.4. The molecule has 1 atom stereocenters. The number of alkyl halides is 3. The van der Waals surface area contributed by atoms with Gasteiger partial charge in [-0.25, -0.2) is 0 Å². The third-order valence-corrected chi connectivity index (χ3v) is 6.14. The SMILES string of the molecule is NC(=O)[C@@H](C(=O)Nc1ccc(N2CCOCC2=O)cc1C(F)(F)F)N(C1CCC1)C1CC1. The Balaban J connectivity index is 1.61. The number of ether oxygens (including phenoxy) is 1. The molecule has 0 unspecified atom stereocenters. The summed E-state index contributed by atoms with van der Waals surface area (Å²) in [6.07, 6.45) is -0.526. The maximum absolute atomic E-state index is 13.8. The number of primary amides is 1. The van der Waals surface area contributed by atoms with Crippen LogP contribution in [0.25, 0.3) is 0 Å². The van der Waals surface area contributed by atoms with Crippen molar-refractivity contribution < 1.29 is 32.3 Å². The summed E-state index contributed by atoms with van der Waals surface area (Å²) < 4.78 is 46.4. The number of amides is 3. The third-order valence-electron chi connectivity index (χ3n) is 6.14. The van der Waals surface area contributed by atoms with Gasteiger partial charge in [-0.3, -0.25) is 19.3 Å². The lowest BCUT2D eigenvalue weighted by atomic mass is 9.89. The van der Waals surface area contributed by atoms with E-state index in [0.717, 1.165) is 44.2 Å². The van der Waals surface area contributed by atoms with Crippen molar-refractivity contribution in [1.82, 2.24) is 4.90 Å². The molecule has 11 heteroatoms. The molecule has 0 aromatic heterocycles. The number of halogens is 3. The van der Waals surface area contributed by atoms with Crippen LogP contribution in [0.3, 0.4) is 0 Å². The Labute approximate surface area is 182 Å². The number of morpholine rings is 1. The van der Waals surface area contributed by atoms with Crippen LogP contribution in [0.15, 0.2) is 18.2 Å². The van der Waals surface area contributed by atoms with Crippen LogP contribution in [0, 0.1) is 0 Å². The summed E-state index contributed by atoms with van der Waals surface area (Å²) in [7, 11) is 0. The van der Waals surface area contributed by atoms with Gasteiger partial charge in [0, 0.05) is 24.3 Å². The summed E-state index contributed by atoms with van der Waals surface area (Å²) in [4.78, 5) is 40.2. The van der Waals surface area contributed by atoms with Crippen LogP contribution in [-0.2, 0) is 25.3 Å². The van der Waals surface area contributed by atoms with E-state index in [-0.39, 0.29) is 37.5 Å². The van der Waals surface area contributed by atoms with Gasteiger partial charge in [0.15, 0.2) is 6.04 Å². The quantitative estimate of drug-likeness (QED) is 0.612. The lowest BCUT2D eigenvalue weighted by Gasteiger charge is -2.41. The first-order valence-corrected chi connectivity index (χ1v) is 10.6. The van der Waals surface area contributed by atoms with Gasteiger partial charge in [-0.1, -0.05) is 6.42 Å². The first-order valence-electron chi connectivity index (χ1n) is 10.6. The average molecular weight is 454 g/mol. The summed E-state index contributed by atoms with van der Waals surface area (Å²) in [6, 6.07) is 1.99. The predicted molar refractivity (Wildman–Crippen MR) is 109 cm³/mol. The van der Waals surface area contributed by atoms with Crippen molar-refractivity contribution in [3.05, 3.63) is 23.8 Å². The molecule has 1 aromatic rings. The summed E-state index contributed by atoms with van der Waals surface area (Å²) in [5.74, 6) is -2.21. The molecule has 2 aliphatic carbocycles. The predicted octanol–water partition coefficient (Wildman–Crippen LogP) is 1.88. The molecule has 0 bridgehead atoms. The van der Waals surface area contributed by atoms with E-state index in [9.17, 15) is 27.6 Å². The fraction of sp³-hybridized carbons (Fsp3) is 0.571. The molecule has 3 aliphatic rings. The number of carbonyl (C=O) groups excluding carboxylic acids is 3. The van der Waals surface area contributed by atoms with Crippen molar-refractivity contribution in [1.29, 1.82) is 0 Å². The van der Waals surface area contributed by atoms with E-state index in [4.69, 9.17) is 10.5 Å². The van der Waals surface area contributed by atoms with Gasteiger partial charge in [-0.05, 0) is 43.9 Å². The monoisotopic (exact) mass is 454 g/mol. The fourth-order valence-corrected chi connectivity index (χ4v) is 4.22. The zero-order chi connectivity index (χ0) is 23.0. The Morgan fingerprint density at radius 1 is 1.19 bits per heavy atom. The number of rotatable bonds is 7. The highest BCUT2D eigenvalue weighted by Gasteiger charge is 2.46. The maximum atomic E-state index is 13.8. The summed E-state index contributed by atoms with van der Waals surface area (Å²) >= 11 is 0. The van der Waals surface area contributed by atoms with Crippen molar-refractivity contribution in [3.8, 4) is 0 Å². The molecule has 8 nitrogen and oxygen atoms in total. The average Bonchev–Trinajstić information content (AvgIpc) is 3.51. The molecule has 1 heterocycles. The summed E-state index contributed by atoms with van der Waals surface area (Å²) in [5.41, 5.74) is 3.99. The molecule has 0 radical (unpaired) electrons. The minimum absolute atomic E-state index is 0.0301. The molecule has 3 N–H and O–H groups in total. The highest BCUT2D eigenvalue weighted by molar-refractivity contribution is 6.10. The third kappa shape index (κ3) is 4.58. The second-order valence-electron chi connectivity index (χ2n) is 8.38. The molecule has 1 saturated heterocycles. The highest BCUT2D eigenvalue weighted by Crippen LogP contribution is 2.39. The Bertz CT molecular complexity index is 915. The molecular formula is C21H25F3N4O4. The van der Waals surface area contributed by atoms with Crippen LogP contribution in [0.2, 0.25) is 0 Å². The Morgan fingerprint density at radius 3 is 2.41 bits per heavy atom. The van der Waals surface area contributed by atoms with E-state index in [1.807, 2.05) is 0 Å². The van der Waals surface area contributed by atoms with Crippen LogP contribution in [0.1, 0.15) is 37.7 Å². The van der Waals surface area contributed by atoms with Crippen LogP contribution >= 0.6 is 0 Å². The van der Waals surface area contributed by atoms with Gasteiger partial charge < -0.3 is 20.7 Å². The molecule has 0 spiro atoms. The summed E-state index contributed by atoms with van der Waals surface area (Å²) in [5, 5.41) is 2.28. The van der Waals surface area contributed by atoms with Gasteiger partial charge in [-0.2, -0.15) is 13.2 Å². The standard InChI is InChI=1S/C21H25F3N4O4/c22-21(23,24)15-10-14(27-8-9-32-11-17(27)29)6-7-16(15)26-20(31)18(19(25)30)28(13-4-5-13)12-2-1-3-12/h6-7,10,12-13,18H,1-5,8-9,11H2,(H2,25,30)(H,26,31)/t18-/m0/s1. The summed E-state index contributed by atoms with van der Waals surface area (Å²) in [6.45, 7) is 0.131. The van der Waals surface area contributed by atoms with Gasteiger partial charge in [0.2, 0.25) is 5.91 Å². The zero-order valence-corrected chi connectivity index (χ0v) is 17.4. The first-order chi connectivity index (χ1) is 15.2. The van der Waals surface area contributed by atoms with Crippen LogP contribution in [-0.4, -0.2) is 60.5 Å². The van der Waals surface area contributed by atoms with Gasteiger partial charge in [0.05, 0.1) is 17.9 Å². The van der Waals surface area contributed by atoms with E-state index in [2.05, 4.69) is 5.32 Å². The Morgan fingerprint density at radius 2 is 1.88 bits per heavy atom. The lowest BCUT2D eigenvalue weighted by molar-refractivity contribution is -0.137. The van der Waals surface area contributed by atoms with Crippen molar-refractivity contribution >= 4 is 29.1 Å². The molecule has 32 heavy (non-hydrogen) atoms. The van der Waals surface area contributed by atoms with Gasteiger partial charge in [0.1, 0.15) is 6.61 Å². The van der Waals surface area contributed by atoms with Crippen molar-refractivity contribution in [2.24, 2.45) is 5.73 Å². The molecule has 1 aromatic carbocycles. The number of carbonyl (C=O) groups is 3. The number of nitrogens with two attached hydrogens (primary N) is 1. The van der Waals surface area contributed by atoms with Crippen LogP contribution < -0.4 is 16.0 Å². The molecule has 2 saturated carbocycles. The van der Waals surface area contributed by atoms with Gasteiger partial charge in [0.25, 0.3) is 11.8 Å². The van der Waals surface area contributed by atoms with Crippen LogP contribution in [0.4, 0.5) is 24.5 Å².